The van der Waals surface area contributed by atoms with E-state index in [1.165, 1.54) is 13.0 Å². The number of hydrogen-bond donors (Lipinski definition) is 1. The molecule has 0 fully saturated rings. The zero-order chi connectivity index (χ0) is 18.1. The van der Waals surface area contributed by atoms with E-state index in [9.17, 15) is 14.7 Å². The first-order chi connectivity index (χ1) is 11.4. The Labute approximate surface area is 144 Å². The number of unbranched alkanes of at least 4 members (excludes halogenated alkanes) is 3. The first-order valence-corrected chi connectivity index (χ1v) is 8.56. The normalized spacial score (nSPS) is 10.5. The molecule has 0 radical (unpaired) electrons. The van der Waals surface area contributed by atoms with Crippen LogP contribution in [-0.4, -0.2) is 42.4 Å². The van der Waals surface area contributed by atoms with Gasteiger partial charge in [0.15, 0.2) is 5.78 Å². The third kappa shape index (κ3) is 6.22. The molecule has 0 aliphatic carbocycles. The lowest BCUT2D eigenvalue weighted by molar-refractivity contribution is -0.128. The summed E-state index contributed by atoms with van der Waals surface area (Å²) in [5.74, 6) is 0.626. The number of hydrogen-bond acceptors (Lipinski definition) is 4. The van der Waals surface area contributed by atoms with Crippen LogP contribution in [-0.2, 0) is 11.2 Å². The van der Waals surface area contributed by atoms with Crippen molar-refractivity contribution in [1.29, 1.82) is 0 Å². The number of carbonyl (C=O) groups excluding carboxylic acids is 2. The highest BCUT2D eigenvalue weighted by atomic mass is 16.5. The van der Waals surface area contributed by atoms with Gasteiger partial charge in [-0.3, -0.25) is 9.59 Å². The second-order valence-electron chi connectivity index (χ2n) is 6.19. The first-order valence-electron chi connectivity index (χ1n) is 8.56. The van der Waals surface area contributed by atoms with Crippen LogP contribution in [0.2, 0.25) is 0 Å². The Morgan fingerprint density at radius 3 is 2.38 bits per heavy atom. The lowest BCUT2D eigenvalue weighted by atomic mass is 10.0. The number of nitrogens with zero attached hydrogens (tertiary/aromatic N) is 1. The Kier molecular flexibility index (Phi) is 8.30. The number of rotatable bonds is 10. The number of ether oxygens (including phenoxy) is 1. The molecule has 1 N–H and O–H groups in total. The highest BCUT2D eigenvalue weighted by Gasteiger charge is 2.12. The Morgan fingerprint density at radius 2 is 1.79 bits per heavy atom. The van der Waals surface area contributed by atoms with Crippen LogP contribution in [0.5, 0.6) is 11.5 Å². The van der Waals surface area contributed by atoms with Crippen molar-refractivity contribution in [3.05, 3.63) is 23.3 Å². The lowest BCUT2D eigenvalue weighted by Crippen LogP contribution is -2.21. The molecule has 0 saturated carbocycles. The van der Waals surface area contributed by atoms with E-state index < -0.39 is 0 Å². The minimum Gasteiger partial charge on any atom is -0.507 e. The van der Waals surface area contributed by atoms with Gasteiger partial charge in [0.25, 0.3) is 0 Å². The molecule has 0 heterocycles. The summed E-state index contributed by atoms with van der Waals surface area (Å²) in [5, 5.41) is 9.91. The van der Waals surface area contributed by atoms with Crippen molar-refractivity contribution in [2.24, 2.45) is 0 Å². The molecule has 0 aromatic heterocycles. The Hall–Kier alpha value is -2.04. The number of aryl methyl sites for hydroxylation is 1. The van der Waals surface area contributed by atoms with Gasteiger partial charge in [0.2, 0.25) is 5.91 Å². The fourth-order valence-electron chi connectivity index (χ4n) is 2.44. The molecule has 0 saturated heterocycles. The van der Waals surface area contributed by atoms with Crippen LogP contribution in [0, 0.1) is 0 Å². The number of Topliss-reactive ketones (excluding diaryl/α,β-unsaturated/α-hetero) is 1. The molecular weight excluding hydrogens is 306 g/mol. The molecule has 0 unspecified atom stereocenters. The maximum absolute atomic E-state index is 11.5. The van der Waals surface area contributed by atoms with Crippen molar-refractivity contribution in [3.63, 3.8) is 0 Å². The Bertz CT molecular complexity index is 567. The molecule has 0 atom stereocenters. The molecule has 24 heavy (non-hydrogen) atoms. The molecule has 1 aromatic rings. The molecule has 5 heteroatoms. The van der Waals surface area contributed by atoms with Gasteiger partial charge in [0.1, 0.15) is 11.5 Å². The summed E-state index contributed by atoms with van der Waals surface area (Å²) < 4.78 is 5.76. The number of amides is 1. The van der Waals surface area contributed by atoms with Crippen molar-refractivity contribution in [2.75, 3.05) is 20.7 Å². The number of phenolic OH excluding ortho intramolecular Hbond substituents is 1. The molecule has 0 bridgehead atoms. The summed E-state index contributed by atoms with van der Waals surface area (Å²) in [4.78, 5) is 24.5. The number of ketones is 1. The summed E-state index contributed by atoms with van der Waals surface area (Å²) in [6, 6.07) is 3.24. The minimum absolute atomic E-state index is 0.0307. The zero-order valence-electron chi connectivity index (χ0n) is 15.2. The molecule has 5 nitrogen and oxygen atoms in total. The second-order valence-corrected chi connectivity index (χ2v) is 6.19. The zero-order valence-corrected chi connectivity index (χ0v) is 15.2. The van der Waals surface area contributed by atoms with Crippen molar-refractivity contribution < 1.29 is 19.4 Å². The number of phenols is 1. The molecular formula is C19H29NO4. The van der Waals surface area contributed by atoms with Gasteiger partial charge in [-0.25, -0.2) is 0 Å². The van der Waals surface area contributed by atoms with Crippen LogP contribution in [0.3, 0.4) is 0 Å². The van der Waals surface area contributed by atoms with E-state index in [4.69, 9.17) is 4.74 Å². The third-order valence-corrected chi connectivity index (χ3v) is 3.98. The Morgan fingerprint density at radius 1 is 1.12 bits per heavy atom. The predicted molar refractivity (Wildman–Crippen MR) is 94.8 cm³/mol. The number of benzene rings is 1. The summed E-state index contributed by atoms with van der Waals surface area (Å²) in [7, 11) is 3.54. The number of aromatic hydroxyl groups is 1. The van der Waals surface area contributed by atoms with Gasteiger partial charge in [-0.15, -0.1) is 0 Å². The maximum atomic E-state index is 11.5. The maximum Gasteiger partial charge on any atom is 0.222 e. The van der Waals surface area contributed by atoms with Crippen LogP contribution in [0.4, 0.5) is 0 Å². The standard InChI is InChI=1S/C19H29NO4/c1-5-15-12-16(14(2)21)17(22)13-18(15)24-11-9-7-6-8-10-19(23)20(3)4/h12-13,22H,5-11H2,1-4H3. The van der Waals surface area contributed by atoms with Crippen LogP contribution in [0.1, 0.15) is 61.9 Å². The predicted octanol–water partition coefficient (Wildman–Crippen LogP) is 3.57. The lowest BCUT2D eigenvalue weighted by Gasteiger charge is -2.13. The number of carbonyl (C=O) groups is 2. The first kappa shape index (κ1) is 20.0. The van der Waals surface area contributed by atoms with Gasteiger partial charge in [-0.05, 0) is 37.8 Å². The summed E-state index contributed by atoms with van der Waals surface area (Å²) in [6.45, 7) is 3.99. The quantitative estimate of drug-likeness (QED) is 0.524. The average Bonchev–Trinajstić information content (AvgIpc) is 2.53. The average molecular weight is 335 g/mol. The van der Waals surface area contributed by atoms with Gasteiger partial charge in [-0.1, -0.05) is 19.8 Å². The van der Waals surface area contributed by atoms with Gasteiger partial charge >= 0.3 is 0 Å². The third-order valence-electron chi connectivity index (χ3n) is 3.98. The van der Waals surface area contributed by atoms with Gasteiger partial charge < -0.3 is 14.7 Å². The SMILES string of the molecule is CCc1cc(C(C)=O)c(O)cc1OCCCCCCC(=O)N(C)C. The van der Waals surface area contributed by atoms with Gasteiger partial charge in [-0.2, -0.15) is 0 Å². The highest BCUT2D eigenvalue weighted by Crippen LogP contribution is 2.29. The molecule has 134 valence electrons. The topological polar surface area (TPSA) is 66.8 Å². The molecule has 1 rings (SSSR count). The van der Waals surface area contributed by atoms with Crippen molar-refractivity contribution in [1.82, 2.24) is 4.90 Å². The molecule has 1 amide bonds. The molecule has 0 aliphatic rings. The van der Waals surface area contributed by atoms with E-state index in [0.717, 1.165) is 37.7 Å². The van der Waals surface area contributed by atoms with Crippen LogP contribution in [0.25, 0.3) is 0 Å². The monoisotopic (exact) mass is 335 g/mol. The van der Waals surface area contributed by atoms with E-state index in [1.54, 1.807) is 25.1 Å². The van der Waals surface area contributed by atoms with Gasteiger partial charge in [0, 0.05) is 26.6 Å². The van der Waals surface area contributed by atoms with Crippen LogP contribution in [0.15, 0.2) is 12.1 Å². The fraction of sp³-hybridized carbons (Fsp3) is 0.579. The van der Waals surface area contributed by atoms with Crippen molar-refractivity contribution in [3.8, 4) is 11.5 Å². The molecule has 1 aromatic carbocycles. The second kappa shape index (κ2) is 9.96. The molecule has 0 spiro atoms. The summed E-state index contributed by atoms with van der Waals surface area (Å²) in [6.07, 6.45) is 5.12. The van der Waals surface area contributed by atoms with Crippen molar-refractivity contribution >= 4 is 11.7 Å². The summed E-state index contributed by atoms with van der Waals surface area (Å²) >= 11 is 0. The van der Waals surface area contributed by atoms with E-state index in [-0.39, 0.29) is 17.4 Å². The van der Waals surface area contributed by atoms with E-state index in [1.807, 2.05) is 6.92 Å². The highest BCUT2D eigenvalue weighted by molar-refractivity contribution is 5.97. The smallest absolute Gasteiger partial charge is 0.222 e. The van der Waals surface area contributed by atoms with E-state index in [0.29, 0.717) is 24.3 Å². The van der Waals surface area contributed by atoms with E-state index >= 15 is 0 Å². The minimum atomic E-state index is -0.152. The van der Waals surface area contributed by atoms with E-state index in [2.05, 4.69) is 0 Å². The fourth-order valence-corrected chi connectivity index (χ4v) is 2.44. The molecule has 0 aliphatic heterocycles. The largest absolute Gasteiger partial charge is 0.507 e. The van der Waals surface area contributed by atoms with Gasteiger partial charge in [0.05, 0.1) is 12.2 Å². The van der Waals surface area contributed by atoms with Crippen LogP contribution >= 0.6 is 0 Å². The Balaban J connectivity index is 2.39. The van der Waals surface area contributed by atoms with Crippen LogP contribution < -0.4 is 4.74 Å². The summed E-state index contributed by atoms with van der Waals surface area (Å²) in [5.41, 5.74) is 1.26. The van der Waals surface area contributed by atoms with Crippen molar-refractivity contribution in [2.45, 2.75) is 52.4 Å².